The predicted molar refractivity (Wildman–Crippen MR) is 102 cm³/mol. The van der Waals surface area contributed by atoms with Crippen LogP contribution in [0.15, 0.2) is 46.9 Å². The Balaban J connectivity index is 1.60. The van der Waals surface area contributed by atoms with Crippen LogP contribution in [0.1, 0.15) is 28.4 Å². The molecule has 0 saturated carbocycles. The van der Waals surface area contributed by atoms with Crippen molar-refractivity contribution in [1.29, 1.82) is 0 Å². The summed E-state index contributed by atoms with van der Waals surface area (Å²) >= 11 is 3.26. The first-order valence-corrected chi connectivity index (χ1v) is 9.45. The van der Waals surface area contributed by atoms with Gasteiger partial charge in [0.1, 0.15) is 5.82 Å². The van der Waals surface area contributed by atoms with Crippen LogP contribution in [0.5, 0.6) is 0 Å². The minimum absolute atomic E-state index is 0.0397. The van der Waals surface area contributed by atoms with E-state index >= 15 is 0 Å². The Bertz CT molecular complexity index is 784. The van der Waals surface area contributed by atoms with E-state index in [4.69, 9.17) is 4.74 Å². The van der Waals surface area contributed by atoms with E-state index in [9.17, 15) is 9.18 Å². The van der Waals surface area contributed by atoms with Crippen molar-refractivity contribution in [1.82, 2.24) is 10.2 Å². The molecule has 1 N–H and O–H groups in total. The molecule has 26 heavy (non-hydrogen) atoms. The zero-order valence-electron chi connectivity index (χ0n) is 14.7. The van der Waals surface area contributed by atoms with E-state index in [-0.39, 0.29) is 11.7 Å². The third-order valence-electron chi connectivity index (χ3n) is 4.35. The highest BCUT2D eigenvalue weighted by Gasteiger charge is 2.17. The Morgan fingerprint density at radius 2 is 2.12 bits per heavy atom. The van der Waals surface area contributed by atoms with Crippen LogP contribution >= 0.6 is 15.9 Å². The summed E-state index contributed by atoms with van der Waals surface area (Å²) in [6, 6.07) is 12.5. The third-order valence-corrected chi connectivity index (χ3v) is 4.84. The fourth-order valence-corrected chi connectivity index (χ4v) is 3.44. The van der Waals surface area contributed by atoms with Crippen LogP contribution in [-0.4, -0.2) is 36.6 Å². The topological polar surface area (TPSA) is 41.6 Å². The van der Waals surface area contributed by atoms with Gasteiger partial charge >= 0.3 is 0 Å². The highest BCUT2D eigenvalue weighted by Crippen LogP contribution is 2.16. The number of benzene rings is 2. The van der Waals surface area contributed by atoms with Crippen LogP contribution in [0.2, 0.25) is 0 Å². The maximum atomic E-state index is 13.8. The predicted octanol–water partition coefficient (Wildman–Crippen LogP) is 3.74. The molecule has 0 spiro atoms. The molecule has 2 aromatic rings. The van der Waals surface area contributed by atoms with Crippen molar-refractivity contribution in [2.45, 2.75) is 26.1 Å². The number of carbonyl (C=O) groups is 1. The normalized spacial score (nSPS) is 17.9. The summed E-state index contributed by atoms with van der Waals surface area (Å²) < 4.78 is 20.0. The third kappa shape index (κ3) is 5.13. The number of nitrogens with zero attached hydrogens (tertiary/aromatic N) is 1. The van der Waals surface area contributed by atoms with Gasteiger partial charge in [-0.05, 0) is 36.2 Å². The van der Waals surface area contributed by atoms with Crippen LogP contribution in [0, 0.1) is 5.82 Å². The number of ether oxygens (including phenoxy) is 1. The molecular weight excluding hydrogens is 399 g/mol. The second-order valence-corrected chi connectivity index (χ2v) is 7.46. The lowest BCUT2D eigenvalue weighted by molar-refractivity contribution is -0.0212. The summed E-state index contributed by atoms with van der Waals surface area (Å²) in [4.78, 5) is 14.6. The molecule has 0 aliphatic carbocycles. The Labute approximate surface area is 161 Å². The number of halogens is 2. The van der Waals surface area contributed by atoms with Crippen LogP contribution < -0.4 is 5.32 Å². The van der Waals surface area contributed by atoms with Gasteiger partial charge in [0.25, 0.3) is 5.91 Å². The first kappa shape index (κ1) is 19.0. The van der Waals surface area contributed by atoms with Crippen molar-refractivity contribution in [3.05, 3.63) is 69.4 Å². The van der Waals surface area contributed by atoms with Gasteiger partial charge in [-0.2, -0.15) is 0 Å². The number of hydrogen-bond acceptors (Lipinski definition) is 3. The van der Waals surface area contributed by atoms with Crippen molar-refractivity contribution in [2.24, 2.45) is 0 Å². The molecule has 4 nitrogen and oxygen atoms in total. The van der Waals surface area contributed by atoms with Gasteiger partial charge in [-0.3, -0.25) is 9.69 Å². The molecule has 3 rings (SSSR count). The van der Waals surface area contributed by atoms with Crippen molar-refractivity contribution in [3.8, 4) is 0 Å². The standard InChI is InChI=1S/C20H22BrFN2O2/c1-14-12-24(7-8-26-14)13-16-4-2-3-15(9-16)11-23-20(25)18-10-17(21)5-6-19(18)22/h2-6,9-10,14H,7-8,11-13H2,1H3,(H,23,25). The number of amides is 1. The second kappa shape index (κ2) is 8.75. The van der Waals surface area contributed by atoms with Gasteiger partial charge in [0.05, 0.1) is 18.3 Å². The molecule has 1 atom stereocenters. The van der Waals surface area contributed by atoms with Gasteiger partial charge in [0, 0.05) is 30.7 Å². The first-order valence-electron chi connectivity index (χ1n) is 8.66. The van der Waals surface area contributed by atoms with Gasteiger partial charge in [-0.25, -0.2) is 4.39 Å². The zero-order valence-corrected chi connectivity index (χ0v) is 16.3. The minimum Gasteiger partial charge on any atom is -0.376 e. The number of carbonyl (C=O) groups excluding carboxylic acids is 1. The van der Waals surface area contributed by atoms with E-state index in [0.29, 0.717) is 11.0 Å². The van der Waals surface area contributed by atoms with Crippen LogP contribution in [0.25, 0.3) is 0 Å². The molecule has 0 aromatic heterocycles. The van der Waals surface area contributed by atoms with Crippen LogP contribution in [-0.2, 0) is 17.8 Å². The Morgan fingerprint density at radius 3 is 2.92 bits per heavy atom. The molecule has 1 heterocycles. The molecule has 1 unspecified atom stereocenters. The van der Waals surface area contributed by atoms with Crippen molar-refractivity contribution < 1.29 is 13.9 Å². The smallest absolute Gasteiger partial charge is 0.254 e. The fourth-order valence-electron chi connectivity index (χ4n) is 3.08. The highest BCUT2D eigenvalue weighted by molar-refractivity contribution is 9.10. The van der Waals surface area contributed by atoms with Crippen LogP contribution in [0.4, 0.5) is 4.39 Å². The Morgan fingerprint density at radius 1 is 1.31 bits per heavy atom. The number of morpholine rings is 1. The quantitative estimate of drug-likeness (QED) is 0.800. The molecule has 2 aromatic carbocycles. The van der Waals surface area contributed by atoms with Gasteiger partial charge in [-0.1, -0.05) is 40.2 Å². The lowest BCUT2D eigenvalue weighted by Crippen LogP contribution is -2.40. The highest BCUT2D eigenvalue weighted by atomic mass is 79.9. The largest absolute Gasteiger partial charge is 0.376 e. The molecule has 0 bridgehead atoms. The molecule has 1 aliphatic heterocycles. The Kier molecular flexibility index (Phi) is 6.40. The first-order chi connectivity index (χ1) is 12.5. The van der Waals surface area contributed by atoms with E-state index < -0.39 is 11.7 Å². The van der Waals surface area contributed by atoms with Crippen molar-refractivity contribution in [2.75, 3.05) is 19.7 Å². The SMILES string of the molecule is CC1CN(Cc2cccc(CNC(=O)c3cc(Br)ccc3F)c2)CCO1. The molecule has 138 valence electrons. The molecule has 1 saturated heterocycles. The summed E-state index contributed by atoms with van der Waals surface area (Å²) in [5.74, 6) is -0.947. The lowest BCUT2D eigenvalue weighted by Gasteiger charge is -2.31. The van der Waals surface area contributed by atoms with Crippen molar-refractivity contribution >= 4 is 21.8 Å². The van der Waals surface area contributed by atoms with Crippen LogP contribution in [0.3, 0.4) is 0 Å². The van der Waals surface area contributed by atoms with E-state index in [1.165, 1.54) is 17.7 Å². The molecule has 1 fully saturated rings. The average molecular weight is 421 g/mol. The van der Waals surface area contributed by atoms with E-state index in [1.807, 2.05) is 12.1 Å². The molecule has 1 amide bonds. The fraction of sp³-hybridized carbons (Fsp3) is 0.350. The second-order valence-electron chi connectivity index (χ2n) is 6.54. The summed E-state index contributed by atoms with van der Waals surface area (Å²) in [5.41, 5.74) is 2.23. The average Bonchev–Trinajstić information content (AvgIpc) is 2.62. The molecule has 0 radical (unpaired) electrons. The van der Waals surface area contributed by atoms with Gasteiger partial charge in [0.2, 0.25) is 0 Å². The lowest BCUT2D eigenvalue weighted by atomic mass is 10.1. The van der Waals surface area contributed by atoms with Gasteiger partial charge < -0.3 is 10.1 Å². The summed E-state index contributed by atoms with van der Waals surface area (Å²) in [6.07, 6.45) is 0.256. The molecule has 6 heteroatoms. The maximum Gasteiger partial charge on any atom is 0.254 e. The minimum atomic E-state index is -0.527. The summed E-state index contributed by atoms with van der Waals surface area (Å²) in [6.45, 7) is 5.90. The van der Waals surface area contributed by atoms with E-state index in [2.05, 4.69) is 45.2 Å². The summed E-state index contributed by atoms with van der Waals surface area (Å²) in [7, 11) is 0. The number of nitrogens with one attached hydrogen (secondary N) is 1. The van der Waals surface area contributed by atoms with Gasteiger partial charge in [0.15, 0.2) is 0 Å². The van der Waals surface area contributed by atoms with E-state index in [0.717, 1.165) is 31.8 Å². The maximum absolute atomic E-state index is 13.8. The summed E-state index contributed by atoms with van der Waals surface area (Å²) in [5, 5.41) is 2.79. The Hall–Kier alpha value is -1.76. The van der Waals surface area contributed by atoms with Gasteiger partial charge in [-0.15, -0.1) is 0 Å². The zero-order chi connectivity index (χ0) is 18.5. The molecular formula is C20H22BrFN2O2. The monoisotopic (exact) mass is 420 g/mol. The number of rotatable bonds is 5. The molecule has 1 aliphatic rings. The van der Waals surface area contributed by atoms with Crippen molar-refractivity contribution in [3.63, 3.8) is 0 Å². The van der Waals surface area contributed by atoms with E-state index in [1.54, 1.807) is 6.07 Å². The number of hydrogen-bond donors (Lipinski definition) is 1.